The Morgan fingerprint density at radius 3 is 2.72 bits per heavy atom. The van der Waals surface area contributed by atoms with Crippen LogP contribution < -0.4 is 5.32 Å². The lowest BCUT2D eigenvalue weighted by molar-refractivity contribution is -0.128. The highest BCUT2D eigenvalue weighted by molar-refractivity contribution is 7.90. The third-order valence-electron chi connectivity index (χ3n) is 5.39. The first-order valence-electron chi connectivity index (χ1n) is 8.85. The molecule has 4 rings (SSSR count). The van der Waals surface area contributed by atoms with E-state index in [0.29, 0.717) is 18.2 Å². The summed E-state index contributed by atoms with van der Waals surface area (Å²) in [7, 11) is -3.88. The highest BCUT2D eigenvalue weighted by Crippen LogP contribution is 2.38. The molecule has 1 amide bonds. The largest absolute Gasteiger partial charge is 0.311 e. The molecule has 6 heteroatoms. The van der Waals surface area contributed by atoms with Crippen LogP contribution in [0.15, 0.2) is 47.4 Å². The zero-order chi connectivity index (χ0) is 17.6. The Morgan fingerprint density at radius 1 is 1.16 bits per heavy atom. The summed E-state index contributed by atoms with van der Waals surface area (Å²) in [6, 6.07) is 12.3. The van der Waals surface area contributed by atoms with E-state index in [1.807, 2.05) is 31.2 Å². The van der Waals surface area contributed by atoms with Crippen molar-refractivity contribution >= 4 is 26.7 Å². The summed E-state index contributed by atoms with van der Waals surface area (Å²) < 4.78 is 28.0. The van der Waals surface area contributed by atoms with Crippen molar-refractivity contribution in [1.82, 2.24) is 9.62 Å². The van der Waals surface area contributed by atoms with Gasteiger partial charge in [0.2, 0.25) is 5.91 Å². The van der Waals surface area contributed by atoms with Gasteiger partial charge in [0.15, 0.2) is 0 Å². The molecule has 132 valence electrons. The van der Waals surface area contributed by atoms with E-state index in [0.717, 1.165) is 18.4 Å². The minimum atomic E-state index is -3.88. The molecule has 3 atom stereocenters. The van der Waals surface area contributed by atoms with Crippen LogP contribution in [0.3, 0.4) is 0 Å². The lowest BCUT2D eigenvalue weighted by atomic mass is 9.95. The van der Waals surface area contributed by atoms with Crippen molar-refractivity contribution in [3.63, 3.8) is 0 Å². The summed E-state index contributed by atoms with van der Waals surface area (Å²) in [6.45, 7) is 2.78. The fourth-order valence-corrected chi connectivity index (χ4v) is 6.20. The maximum atomic E-state index is 13.4. The van der Waals surface area contributed by atoms with E-state index in [-0.39, 0.29) is 28.8 Å². The van der Waals surface area contributed by atoms with Gasteiger partial charge in [-0.2, -0.15) is 0 Å². The number of rotatable bonds is 4. The van der Waals surface area contributed by atoms with Gasteiger partial charge in [0.25, 0.3) is 10.0 Å². The first-order chi connectivity index (χ1) is 12.1. The summed E-state index contributed by atoms with van der Waals surface area (Å²) in [6.07, 6.45) is 2.26. The van der Waals surface area contributed by atoms with E-state index >= 15 is 0 Å². The number of amides is 1. The summed E-state index contributed by atoms with van der Waals surface area (Å²) in [5.74, 6) is -0.501. The second-order valence-corrected chi connectivity index (χ2v) is 8.63. The van der Waals surface area contributed by atoms with Gasteiger partial charge in [-0.25, -0.2) is 12.7 Å². The van der Waals surface area contributed by atoms with E-state index in [1.165, 1.54) is 4.31 Å². The van der Waals surface area contributed by atoms with Gasteiger partial charge >= 0.3 is 0 Å². The normalized spacial score (nSPS) is 26.4. The molecule has 2 fully saturated rings. The number of sulfonamides is 1. The van der Waals surface area contributed by atoms with Crippen LogP contribution in [0.25, 0.3) is 10.8 Å². The van der Waals surface area contributed by atoms with Crippen molar-refractivity contribution in [3.05, 3.63) is 42.5 Å². The Labute approximate surface area is 148 Å². The van der Waals surface area contributed by atoms with Crippen molar-refractivity contribution in [1.29, 1.82) is 0 Å². The third kappa shape index (κ3) is 2.47. The molecule has 0 aromatic heterocycles. The smallest absolute Gasteiger partial charge is 0.267 e. The van der Waals surface area contributed by atoms with Gasteiger partial charge in [0, 0.05) is 11.4 Å². The van der Waals surface area contributed by atoms with Crippen molar-refractivity contribution in [2.24, 2.45) is 5.92 Å². The number of hydrogen-bond donors (Lipinski definition) is 1. The van der Waals surface area contributed by atoms with Gasteiger partial charge in [-0.05, 0) is 30.8 Å². The Bertz CT molecular complexity index is 920. The first kappa shape index (κ1) is 16.5. The summed E-state index contributed by atoms with van der Waals surface area (Å²) in [5, 5.41) is 4.88. The molecule has 2 aromatic carbocycles. The second-order valence-electron chi connectivity index (χ2n) is 6.85. The standard InChI is InChI=1S/C19H22N2O3S/c1-2-6-15-18-16(11-12-20-18)21(19(15)22)25(23,24)17-10-5-8-13-7-3-4-9-14(13)17/h3-5,7-10,15-16,18,20H,2,6,11-12H2,1H3. The predicted molar refractivity (Wildman–Crippen MR) is 96.6 cm³/mol. The zero-order valence-electron chi connectivity index (χ0n) is 14.2. The van der Waals surface area contributed by atoms with Crippen LogP contribution in [0.5, 0.6) is 0 Å². The number of benzene rings is 2. The molecular weight excluding hydrogens is 336 g/mol. The highest BCUT2D eigenvalue weighted by atomic mass is 32.2. The minimum absolute atomic E-state index is 0.0581. The molecule has 2 aromatic rings. The Balaban J connectivity index is 1.83. The molecule has 0 bridgehead atoms. The van der Waals surface area contributed by atoms with Crippen molar-refractivity contribution in [2.75, 3.05) is 6.54 Å². The van der Waals surface area contributed by atoms with E-state index in [2.05, 4.69) is 5.32 Å². The van der Waals surface area contributed by atoms with Crippen molar-refractivity contribution in [2.45, 2.75) is 43.2 Å². The summed E-state index contributed by atoms with van der Waals surface area (Å²) in [5.41, 5.74) is 0. The zero-order valence-corrected chi connectivity index (χ0v) is 15.0. The van der Waals surface area contributed by atoms with Crippen LogP contribution in [-0.2, 0) is 14.8 Å². The van der Waals surface area contributed by atoms with E-state index in [1.54, 1.807) is 18.2 Å². The third-order valence-corrected chi connectivity index (χ3v) is 7.27. The first-order valence-corrected chi connectivity index (χ1v) is 10.3. The lowest BCUT2D eigenvalue weighted by Gasteiger charge is -2.23. The van der Waals surface area contributed by atoms with Gasteiger partial charge in [-0.3, -0.25) is 4.79 Å². The lowest BCUT2D eigenvalue weighted by Crippen LogP contribution is -2.40. The molecule has 0 saturated carbocycles. The number of carbonyl (C=O) groups excluding carboxylic acids is 1. The molecule has 5 nitrogen and oxygen atoms in total. The monoisotopic (exact) mass is 358 g/mol. The van der Waals surface area contributed by atoms with Crippen LogP contribution in [-0.4, -0.2) is 37.3 Å². The van der Waals surface area contributed by atoms with Gasteiger partial charge in [-0.15, -0.1) is 0 Å². The number of hydrogen-bond acceptors (Lipinski definition) is 4. The fourth-order valence-electron chi connectivity index (χ4n) is 4.30. The number of fused-ring (bicyclic) bond motifs is 2. The second kappa shape index (κ2) is 6.11. The molecule has 2 heterocycles. The highest BCUT2D eigenvalue weighted by Gasteiger charge is 2.54. The van der Waals surface area contributed by atoms with Crippen LogP contribution in [0.4, 0.5) is 0 Å². The van der Waals surface area contributed by atoms with Crippen LogP contribution in [0.1, 0.15) is 26.2 Å². The topological polar surface area (TPSA) is 66.5 Å². The maximum Gasteiger partial charge on any atom is 0.267 e. The minimum Gasteiger partial charge on any atom is -0.311 e. The summed E-state index contributed by atoms with van der Waals surface area (Å²) in [4.78, 5) is 13.2. The number of nitrogens with zero attached hydrogens (tertiary/aromatic N) is 1. The molecule has 0 radical (unpaired) electrons. The van der Waals surface area contributed by atoms with Gasteiger partial charge < -0.3 is 5.32 Å². The molecule has 1 N–H and O–H groups in total. The quantitative estimate of drug-likeness (QED) is 0.912. The molecule has 2 aliphatic rings. The average molecular weight is 358 g/mol. The number of carbonyl (C=O) groups is 1. The Morgan fingerprint density at radius 2 is 1.92 bits per heavy atom. The average Bonchev–Trinajstić information content (AvgIpc) is 3.16. The molecule has 3 unspecified atom stereocenters. The van der Waals surface area contributed by atoms with Crippen molar-refractivity contribution < 1.29 is 13.2 Å². The molecule has 0 aliphatic carbocycles. The van der Waals surface area contributed by atoms with Gasteiger partial charge in [0.05, 0.1) is 16.9 Å². The maximum absolute atomic E-state index is 13.4. The number of nitrogens with one attached hydrogen (secondary N) is 1. The van der Waals surface area contributed by atoms with Crippen LogP contribution in [0, 0.1) is 5.92 Å². The van der Waals surface area contributed by atoms with Crippen LogP contribution >= 0.6 is 0 Å². The molecule has 2 aliphatic heterocycles. The Kier molecular flexibility index (Phi) is 4.04. The Hall–Kier alpha value is -1.92. The predicted octanol–water partition coefficient (Wildman–Crippen LogP) is 2.52. The van der Waals surface area contributed by atoms with Gasteiger partial charge in [-0.1, -0.05) is 49.7 Å². The molecular formula is C19H22N2O3S. The molecule has 2 saturated heterocycles. The fraction of sp³-hybridized carbons (Fsp3) is 0.421. The summed E-state index contributed by atoms with van der Waals surface area (Å²) >= 11 is 0. The molecule has 0 spiro atoms. The SMILES string of the molecule is CCCC1C(=O)N(S(=O)(=O)c2cccc3ccccc23)C2CCNC12. The van der Waals surface area contributed by atoms with Gasteiger partial charge in [0.1, 0.15) is 0 Å². The van der Waals surface area contributed by atoms with Crippen LogP contribution in [0.2, 0.25) is 0 Å². The molecule has 25 heavy (non-hydrogen) atoms. The van der Waals surface area contributed by atoms with E-state index in [4.69, 9.17) is 0 Å². The van der Waals surface area contributed by atoms with E-state index in [9.17, 15) is 13.2 Å². The van der Waals surface area contributed by atoms with E-state index < -0.39 is 10.0 Å². The van der Waals surface area contributed by atoms with Crippen molar-refractivity contribution in [3.8, 4) is 0 Å².